The van der Waals surface area contributed by atoms with Crippen LogP contribution in [-0.2, 0) is 6.54 Å². The Morgan fingerprint density at radius 3 is 2.86 bits per heavy atom. The molecule has 3 aromatic heterocycles. The predicted molar refractivity (Wildman–Crippen MR) is 108 cm³/mol. The van der Waals surface area contributed by atoms with Gasteiger partial charge in [0.25, 0.3) is 11.5 Å². The lowest BCUT2D eigenvalue weighted by Crippen LogP contribution is -2.41. The Hall–Kier alpha value is -2.90. The molecule has 28 heavy (non-hydrogen) atoms. The van der Waals surface area contributed by atoms with Crippen LogP contribution >= 0.6 is 22.9 Å². The number of benzene rings is 1. The van der Waals surface area contributed by atoms with E-state index >= 15 is 0 Å². The van der Waals surface area contributed by atoms with Crippen LogP contribution < -0.4 is 14.9 Å². The molecule has 1 aromatic carbocycles. The molecule has 0 radical (unpaired) electrons. The van der Waals surface area contributed by atoms with E-state index in [1.54, 1.807) is 52.7 Å². The molecule has 0 unspecified atom stereocenters. The minimum atomic E-state index is -0.303. The van der Waals surface area contributed by atoms with E-state index in [2.05, 4.69) is 4.98 Å². The van der Waals surface area contributed by atoms with Crippen molar-refractivity contribution in [1.82, 2.24) is 9.38 Å². The van der Waals surface area contributed by atoms with Gasteiger partial charge in [-0.25, -0.2) is 9.78 Å². The summed E-state index contributed by atoms with van der Waals surface area (Å²) in [6.07, 6.45) is 3.37. The van der Waals surface area contributed by atoms with Crippen molar-refractivity contribution in [2.24, 2.45) is 0 Å². The molecule has 0 aliphatic heterocycles. The number of thiazole rings is 1. The van der Waals surface area contributed by atoms with Gasteiger partial charge in [0.05, 0.1) is 18.2 Å². The number of aromatic hydroxyl groups is 1. The minimum absolute atomic E-state index is 0.114. The fourth-order valence-corrected chi connectivity index (χ4v) is 4.23. The number of halogens is 1. The maximum atomic E-state index is 13.2. The Kier molecular flexibility index (Phi) is 4.78. The van der Waals surface area contributed by atoms with Crippen LogP contribution in [0.2, 0.25) is 4.47 Å². The van der Waals surface area contributed by atoms with Crippen LogP contribution in [0.3, 0.4) is 0 Å². The largest absolute Gasteiger partial charge is 0.497 e. The van der Waals surface area contributed by atoms with E-state index in [0.717, 1.165) is 10.4 Å². The van der Waals surface area contributed by atoms with Crippen LogP contribution in [0.5, 0.6) is 11.6 Å². The fourth-order valence-electron chi connectivity index (χ4n) is 3.26. The lowest BCUT2D eigenvalue weighted by molar-refractivity contribution is -0.671. The van der Waals surface area contributed by atoms with Crippen molar-refractivity contribution in [3.05, 3.63) is 74.1 Å². The molecule has 0 bridgehead atoms. The van der Waals surface area contributed by atoms with Crippen molar-refractivity contribution in [1.29, 1.82) is 0 Å². The van der Waals surface area contributed by atoms with Gasteiger partial charge >= 0.3 is 5.56 Å². The molecule has 8 heteroatoms. The summed E-state index contributed by atoms with van der Waals surface area (Å²) in [6.45, 7) is 2.23. The number of hydrogen-bond acceptors (Lipinski definition) is 5. The molecule has 4 rings (SSSR count). The molecular weight excluding hydrogens is 398 g/mol. The average molecular weight is 415 g/mol. The number of aryl methyl sites for hydroxylation is 1. The van der Waals surface area contributed by atoms with Gasteiger partial charge in [-0.05, 0) is 31.2 Å². The number of fused-ring (bicyclic) bond motifs is 1. The number of hydrogen-bond donors (Lipinski definition) is 1. The van der Waals surface area contributed by atoms with Crippen LogP contribution in [0, 0.1) is 6.92 Å². The normalized spacial score (nSPS) is 11.1. The zero-order valence-electron chi connectivity index (χ0n) is 15.2. The zero-order chi connectivity index (χ0) is 19.8. The summed E-state index contributed by atoms with van der Waals surface area (Å²) >= 11 is 7.30. The Labute approximate surface area is 169 Å². The SMILES string of the molecule is COc1cccc(-c2c(O)[n+](Cc3cnc(Cl)s3)c3c(C)cccn3c2=O)c1. The Balaban J connectivity index is 2.05. The average Bonchev–Trinajstić information content (AvgIpc) is 3.10. The Morgan fingerprint density at radius 2 is 2.14 bits per heavy atom. The maximum Gasteiger partial charge on any atom is 0.354 e. The molecular formula is C20H17ClN3O3S+. The number of ether oxygens (including phenoxy) is 1. The minimum Gasteiger partial charge on any atom is -0.497 e. The van der Waals surface area contributed by atoms with Crippen molar-refractivity contribution in [2.75, 3.05) is 7.11 Å². The highest BCUT2D eigenvalue weighted by molar-refractivity contribution is 7.15. The summed E-state index contributed by atoms with van der Waals surface area (Å²) in [5.41, 5.74) is 1.96. The molecule has 1 N–H and O–H groups in total. The first-order valence-corrected chi connectivity index (χ1v) is 9.70. The molecule has 0 saturated heterocycles. The summed E-state index contributed by atoms with van der Waals surface area (Å²) < 4.78 is 8.95. The lowest BCUT2D eigenvalue weighted by Gasteiger charge is -2.11. The van der Waals surface area contributed by atoms with Gasteiger partial charge in [0, 0.05) is 17.3 Å². The third-order valence-electron chi connectivity index (χ3n) is 4.53. The third kappa shape index (κ3) is 3.12. The monoisotopic (exact) mass is 414 g/mol. The van der Waals surface area contributed by atoms with Gasteiger partial charge in [0.1, 0.15) is 12.3 Å². The van der Waals surface area contributed by atoms with E-state index in [1.165, 1.54) is 11.3 Å². The second kappa shape index (κ2) is 7.26. The quantitative estimate of drug-likeness (QED) is 0.519. The standard InChI is InChI=1S/C20H16ClN3O3S/c1-12-5-4-8-23-17(12)24(11-15-10-22-20(21)28-15)19(26)16(18(23)25)13-6-3-7-14(9-13)27-2/h3-10H,11H2,1-2H3/p+1. The van der Waals surface area contributed by atoms with Gasteiger partial charge in [-0.1, -0.05) is 23.7 Å². The molecule has 3 heterocycles. The number of rotatable bonds is 4. The lowest BCUT2D eigenvalue weighted by atomic mass is 10.1. The zero-order valence-corrected chi connectivity index (χ0v) is 16.8. The van der Waals surface area contributed by atoms with E-state index < -0.39 is 0 Å². The van der Waals surface area contributed by atoms with Crippen molar-refractivity contribution < 1.29 is 14.4 Å². The van der Waals surface area contributed by atoms with E-state index in [9.17, 15) is 9.90 Å². The second-order valence-electron chi connectivity index (χ2n) is 6.29. The van der Waals surface area contributed by atoms with Gasteiger partial charge in [-0.15, -0.1) is 11.3 Å². The number of methoxy groups -OCH3 is 1. The van der Waals surface area contributed by atoms with E-state index in [-0.39, 0.29) is 17.0 Å². The number of pyridine rings is 1. The van der Waals surface area contributed by atoms with Gasteiger partial charge < -0.3 is 9.84 Å². The summed E-state index contributed by atoms with van der Waals surface area (Å²) in [7, 11) is 1.56. The third-order valence-corrected chi connectivity index (χ3v) is 5.63. The van der Waals surface area contributed by atoms with Gasteiger partial charge in [-0.2, -0.15) is 8.97 Å². The Bertz CT molecular complexity index is 1250. The first-order valence-electron chi connectivity index (χ1n) is 8.51. The highest BCUT2D eigenvalue weighted by Gasteiger charge is 2.27. The summed E-state index contributed by atoms with van der Waals surface area (Å²) in [5, 5.41) is 11.1. The molecule has 6 nitrogen and oxygen atoms in total. The van der Waals surface area contributed by atoms with Crippen molar-refractivity contribution in [2.45, 2.75) is 13.5 Å². The fraction of sp³-hybridized carbons (Fsp3) is 0.150. The topological polar surface area (TPSA) is 67.7 Å². The van der Waals surface area contributed by atoms with Crippen LogP contribution in [0.15, 0.2) is 53.6 Å². The van der Waals surface area contributed by atoms with Crippen molar-refractivity contribution in [3.63, 3.8) is 0 Å². The van der Waals surface area contributed by atoms with E-state index in [0.29, 0.717) is 28.0 Å². The predicted octanol–water partition coefficient (Wildman–Crippen LogP) is 3.43. The molecule has 0 amide bonds. The highest BCUT2D eigenvalue weighted by atomic mass is 35.5. The number of aromatic nitrogens is 3. The Morgan fingerprint density at radius 1 is 1.32 bits per heavy atom. The van der Waals surface area contributed by atoms with Gasteiger partial charge in [-0.3, -0.25) is 0 Å². The highest BCUT2D eigenvalue weighted by Crippen LogP contribution is 2.28. The van der Waals surface area contributed by atoms with Gasteiger partial charge in [0.15, 0.2) is 10.0 Å². The van der Waals surface area contributed by atoms with Crippen molar-refractivity contribution in [3.8, 4) is 22.8 Å². The summed E-state index contributed by atoms with van der Waals surface area (Å²) in [6, 6.07) is 10.8. The van der Waals surface area contributed by atoms with E-state index in [1.807, 2.05) is 19.1 Å². The second-order valence-corrected chi connectivity index (χ2v) is 7.98. The molecule has 0 atom stereocenters. The first kappa shape index (κ1) is 18.5. The van der Waals surface area contributed by atoms with Crippen LogP contribution in [0.1, 0.15) is 10.4 Å². The van der Waals surface area contributed by atoms with Crippen molar-refractivity contribution >= 4 is 28.6 Å². The molecule has 0 aliphatic carbocycles. The molecule has 0 spiro atoms. The smallest absolute Gasteiger partial charge is 0.354 e. The van der Waals surface area contributed by atoms with Gasteiger partial charge in [0.2, 0.25) is 0 Å². The van der Waals surface area contributed by atoms with E-state index in [4.69, 9.17) is 16.3 Å². The molecule has 142 valence electrons. The molecule has 0 aliphatic rings. The molecule has 4 aromatic rings. The summed E-state index contributed by atoms with van der Waals surface area (Å²) in [4.78, 5) is 18.2. The summed E-state index contributed by atoms with van der Waals surface area (Å²) in [5.74, 6) is 0.489. The van der Waals surface area contributed by atoms with Crippen LogP contribution in [0.4, 0.5) is 0 Å². The maximum absolute atomic E-state index is 13.2. The number of nitrogens with zero attached hydrogens (tertiary/aromatic N) is 3. The van der Waals surface area contributed by atoms with Crippen LogP contribution in [-0.4, -0.2) is 21.6 Å². The van der Waals surface area contributed by atoms with Crippen LogP contribution in [0.25, 0.3) is 16.8 Å². The molecule has 0 saturated carbocycles. The first-order chi connectivity index (χ1) is 13.5. The molecule has 0 fully saturated rings.